The number of halogens is 2. The number of benzene rings is 2. The SMILES string of the molecule is O=C(CNS(=O)(=O)c1ccc(Br)cc1)Nc1ccc(F)cc1. The summed E-state index contributed by atoms with van der Waals surface area (Å²) in [6.45, 7) is -0.421. The van der Waals surface area contributed by atoms with Gasteiger partial charge in [0.2, 0.25) is 15.9 Å². The summed E-state index contributed by atoms with van der Waals surface area (Å²) < 4.78 is 39.7. The van der Waals surface area contributed by atoms with Crippen LogP contribution in [-0.4, -0.2) is 20.9 Å². The average molecular weight is 387 g/mol. The van der Waals surface area contributed by atoms with Crippen LogP contribution in [0.25, 0.3) is 0 Å². The number of nitrogens with one attached hydrogen (secondary N) is 2. The van der Waals surface area contributed by atoms with Crippen LogP contribution in [0.15, 0.2) is 57.9 Å². The van der Waals surface area contributed by atoms with Crippen molar-refractivity contribution in [2.24, 2.45) is 0 Å². The maximum Gasteiger partial charge on any atom is 0.241 e. The van der Waals surface area contributed by atoms with Crippen molar-refractivity contribution < 1.29 is 17.6 Å². The van der Waals surface area contributed by atoms with Gasteiger partial charge in [0, 0.05) is 10.2 Å². The second kappa shape index (κ2) is 6.99. The van der Waals surface area contributed by atoms with Gasteiger partial charge in [-0.25, -0.2) is 17.5 Å². The van der Waals surface area contributed by atoms with Gasteiger partial charge in [-0.2, -0.15) is 0 Å². The first-order valence-electron chi connectivity index (χ1n) is 6.17. The molecule has 1 amide bonds. The summed E-state index contributed by atoms with van der Waals surface area (Å²) >= 11 is 3.21. The van der Waals surface area contributed by atoms with E-state index in [-0.39, 0.29) is 4.90 Å². The highest BCUT2D eigenvalue weighted by molar-refractivity contribution is 9.10. The number of carbonyl (C=O) groups is 1. The van der Waals surface area contributed by atoms with E-state index in [0.717, 1.165) is 4.47 Å². The molecule has 8 heteroatoms. The molecule has 0 aliphatic carbocycles. The Morgan fingerprint density at radius 3 is 2.23 bits per heavy atom. The van der Waals surface area contributed by atoms with Crippen molar-refractivity contribution in [1.29, 1.82) is 0 Å². The predicted octanol–water partition coefficient (Wildman–Crippen LogP) is 2.51. The fraction of sp³-hybridized carbons (Fsp3) is 0.0714. The molecule has 0 saturated heterocycles. The standard InChI is InChI=1S/C14H12BrFN2O3S/c15-10-1-7-13(8-2-10)22(20,21)17-9-14(19)18-12-5-3-11(16)4-6-12/h1-8,17H,9H2,(H,18,19). The highest BCUT2D eigenvalue weighted by atomic mass is 79.9. The molecular weight excluding hydrogens is 375 g/mol. The Morgan fingerprint density at radius 1 is 1.05 bits per heavy atom. The van der Waals surface area contributed by atoms with E-state index in [1.54, 1.807) is 12.1 Å². The minimum absolute atomic E-state index is 0.0604. The third kappa shape index (κ3) is 4.62. The van der Waals surface area contributed by atoms with Crippen molar-refractivity contribution in [3.63, 3.8) is 0 Å². The smallest absolute Gasteiger partial charge is 0.241 e. The summed E-state index contributed by atoms with van der Waals surface area (Å²) in [5.41, 5.74) is 0.384. The van der Waals surface area contributed by atoms with Gasteiger partial charge in [-0.15, -0.1) is 0 Å². The molecule has 0 spiro atoms. The van der Waals surface area contributed by atoms with Crippen molar-refractivity contribution in [3.05, 3.63) is 58.8 Å². The molecule has 0 fully saturated rings. The van der Waals surface area contributed by atoms with Crippen LogP contribution in [0.1, 0.15) is 0 Å². The van der Waals surface area contributed by atoms with Crippen LogP contribution in [0, 0.1) is 5.82 Å². The summed E-state index contributed by atoms with van der Waals surface area (Å²) in [7, 11) is -3.76. The summed E-state index contributed by atoms with van der Waals surface area (Å²) in [6, 6.07) is 11.2. The van der Waals surface area contributed by atoms with E-state index in [0.29, 0.717) is 5.69 Å². The van der Waals surface area contributed by atoms with Crippen LogP contribution in [0.5, 0.6) is 0 Å². The van der Waals surface area contributed by atoms with E-state index in [9.17, 15) is 17.6 Å². The zero-order chi connectivity index (χ0) is 16.2. The first kappa shape index (κ1) is 16.6. The molecule has 116 valence electrons. The number of hydrogen-bond donors (Lipinski definition) is 2. The number of sulfonamides is 1. The number of rotatable bonds is 5. The first-order chi connectivity index (χ1) is 10.4. The largest absolute Gasteiger partial charge is 0.325 e. The zero-order valence-corrected chi connectivity index (χ0v) is 13.6. The summed E-state index contributed by atoms with van der Waals surface area (Å²) in [6.07, 6.45) is 0. The topological polar surface area (TPSA) is 75.3 Å². The Balaban J connectivity index is 1.95. The van der Waals surface area contributed by atoms with Crippen molar-refractivity contribution in [3.8, 4) is 0 Å². The Hall–Kier alpha value is -1.77. The lowest BCUT2D eigenvalue weighted by atomic mass is 10.3. The molecule has 0 atom stereocenters. The van der Waals surface area contributed by atoms with Gasteiger partial charge in [0.25, 0.3) is 0 Å². The molecule has 0 bridgehead atoms. The van der Waals surface area contributed by atoms with Gasteiger partial charge in [-0.1, -0.05) is 15.9 Å². The highest BCUT2D eigenvalue weighted by Gasteiger charge is 2.15. The molecule has 2 aromatic rings. The highest BCUT2D eigenvalue weighted by Crippen LogP contribution is 2.14. The van der Waals surface area contributed by atoms with E-state index in [2.05, 4.69) is 26.0 Å². The normalized spacial score (nSPS) is 11.2. The maximum absolute atomic E-state index is 12.7. The number of amides is 1. The van der Waals surface area contributed by atoms with Gasteiger partial charge in [0.15, 0.2) is 0 Å². The van der Waals surface area contributed by atoms with Gasteiger partial charge in [-0.05, 0) is 48.5 Å². The van der Waals surface area contributed by atoms with Crippen LogP contribution >= 0.6 is 15.9 Å². The molecule has 5 nitrogen and oxygen atoms in total. The zero-order valence-electron chi connectivity index (χ0n) is 11.2. The molecule has 0 aliphatic heterocycles. The molecular formula is C14H12BrFN2O3S. The lowest BCUT2D eigenvalue weighted by Gasteiger charge is -2.08. The molecule has 0 aliphatic rings. The minimum Gasteiger partial charge on any atom is -0.325 e. The van der Waals surface area contributed by atoms with Crippen LogP contribution in [0.2, 0.25) is 0 Å². The van der Waals surface area contributed by atoms with Crippen molar-refractivity contribution in [2.75, 3.05) is 11.9 Å². The van der Waals surface area contributed by atoms with E-state index in [1.807, 2.05) is 0 Å². The predicted molar refractivity (Wildman–Crippen MR) is 84.4 cm³/mol. The lowest BCUT2D eigenvalue weighted by Crippen LogP contribution is -2.32. The molecule has 0 unspecified atom stereocenters. The molecule has 2 aromatic carbocycles. The van der Waals surface area contributed by atoms with Gasteiger partial charge >= 0.3 is 0 Å². The third-order valence-corrected chi connectivity index (χ3v) is 4.62. The van der Waals surface area contributed by atoms with Gasteiger partial charge in [-0.3, -0.25) is 4.79 Å². The molecule has 22 heavy (non-hydrogen) atoms. The summed E-state index contributed by atoms with van der Waals surface area (Å²) in [5.74, 6) is -0.971. The molecule has 2 N–H and O–H groups in total. The Labute approximate surface area is 135 Å². The second-order valence-corrected chi connectivity index (χ2v) is 7.02. The Morgan fingerprint density at radius 2 is 1.64 bits per heavy atom. The first-order valence-corrected chi connectivity index (χ1v) is 8.45. The lowest BCUT2D eigenvalue weighted by molar-refractivity contribution is -0.115. The van der Waals surface area contributed by atoms with Crippen LogP contribution in [-0.2, 0) is 14.8 Å². The van der Waals surface area contributed by atoms with Crippen molar-refractivity contribution >= 4 is 37.5 Å². The number of anilines is 1. The fourth-order valence-corrected chi connectivity index (χ4v) is 2.84. The number of carbonyl (C=O) groups excluding carboxylic acids is 1. The molecule has 0 saturated carbocycles. The molecule has 0 heterocycles. The Bertz CT molecular complexity index is 762. The number of hydrogen-bond acceptors (Lipinski definition) is 3. The van der Waals surface area contributed by atoms with E-state index in [4.69, 9.17) is 0 Å². The van der Waals surface area contributed by atoms with Crippen LogP contribution in [0.4, 0.5) is 10.1 Å². The summed E-state index contributed by atoms with van der Waals surface area (Å²) in [5, 5.41) is 2.46. The van der Waals surface area contributed by atoms with Gasteiger partial charge < -0.3 is 5.32 Å². The third-order valence-electron chi connectivity index (χ3n) is 2.67. The van der Waals surface area contributed by atoms with Gasteiger partial charge in [0.1, 0.15) is 5.82 Å². The van der Waals surface area contributed by atoms with E-state index >= 15 is 0 Å². The average Bonchev–Trinajstić information content (AvgIpc) is 2.48. The maximum atomic E-state index is 12.7. The monoisotopic (exact) mass is 386 g/mol. The fourth-order valence-electron chi connectivity index (χ4n) is 1.60. The molecule has 2 rings (SSSR count). The summed E-state index contributed by atoms with van der Waals surface area (Å²) in [4.78, 5) is 11.8. The quantitative estimate of drug-likeness (QED) is 0.828. The van der Waals surface area contributed by atoms with Crippen LogP contribution < -0.4 is 10.0 Å². The second-order valence-electron chi connectivity index (χ2n) is 4.33. The Kier molecular flexibility index (Phi) is 5.28. The molecule has 0 aromatic heterocycles. The van der Waals surface area contributed by atoms with Gasteiger partial charge in [0.05, 0.1) is 11.4 Å². The van der Waals surface area contributed by atoms with Crippen LogP contribution in [0.3, 0.4) is 0 Å². The van der Waals surface area contributed by atoms with Crippen molar-refractivity contribution in [1.82, 2.24) is 4.72 Å². The van der Waals surface area contributed by atoms with E-state index in [1.165, 1.54) is 36.4 Å². The molecule has 0 radical (unpaired) electrons. The minimum atomic E-state index is -3.76. The van der Waals surface area contributed by atoms with E-state index < -0.39 is 28.3 Å². The van der Waals surface area contributed by atoms with Crippen molar-refractivity contribution in [2.45, 2.75) is 4.90 Å².